The van der Waals surface area contributed by atoms with Crippen LogP contribution in [0.25, 0.3) is 5.57 Å². The third-order valence-electron chi connectivity index (χ3n) is 7.28. The number of nitrogens with zero attached hydrogens (tertiary/aromatic N) is 2. The summed E-state index contributed by atoms with van der Waals surface area (Å²) in [6.45, 7) is 6.82. The number of para-hydroxylation sites is 1. The third kappa shape index (κ3) is 4.80. The predicted octanol–water partition coefficient (Wildman–Crippen LogP) is 6.05. The van der Waals surface area contributed by atoms with Crippen LogP contribution in [0.4, 0.5) is 5.69 Å². The zero-order valence-corrected chi connectivity index (χ0v) is 19.3. The van der Waals surface area contributed by atoms with Gasteiger partial charge in [-0.1, -0.05) is 25.1 Å². The standard InChI is InChI=1S/C26H38N2O2/c1-20-12-7-10-15-25(20)28(4,19-11-5-6-16-26(29)30)21(2)22-17-18-27(3)24-14-9-8-13-23(22)24/h8-9,13-15,20H,5-7,10-12,16-19H2,1-4H3/p+1/b22-21-. The maximum Gasteiger partial charge on any atom is 0.303 e. The number of hydrogen-bond acceptors (Lipinski definition) is 2. The number of unbranched alkanes of at least 4 members (excludes halogenated alkanes) is 2. The lowest BCUT2D eigenvalue weighted by molar-refractivity contribution is -0.838. The lowest BCUT2D eigenvalue weighted by atomic mass is 9.88. The number of rotatable bonds is 8. The van der Waals surface area contributed by atoms with Crippen LogP contribution >= 0.6 is 0 Å². The molecule has 0 fully saturated rings. The van der Waals surface area contributed by atoms with Gasteiger partial charge < -0.3 is 10.0 Å². The van der Waals surface area contributed by atoms with Gasteiger partial charge in [0.15, 0.2) is 0 Å². The Morgan fingerprint density at radius 3 is 2.73 bits per heavy atom. The van der Waals surface area contributed by atoms with Gasteiger partial charge in [0.2, 0.25) is 0 Å². The number of hydrogen-bond donors (Lipinski definition) is 1. The average molecular weight is 412 g/mol. The van der Waals surface area contributed by atoms with Crippen molar-refractivity contribution in [3.05, 3.63) is 47.3 Å². The van der Waals surface area contributed by atoms with Crippen LogP contribution < -0.4 is 4.90 Å². The molecule has 0 radical (unpaired) electrons. The number of anilines is 1. The van der Waals surface area contributed by atoms with Gasteiger partial charge in [0, 0.05) is 49.7 Å². The topological polar surface area (TPSA) is 40.5 Å². The van der Waals surface area contributed by atoms with Gasteiger partial charge in [0.1, 0.15) is 11.4 Å². The zero-order chi connectivity index (χ0) is 21.7. The molecule has 2 unspecified atom stereocenters. The van der Waals surface area contributed by atoms with E-state index in [9.17, 15) is 4.79 Å². The molecule has 1 heterocycles. The van der Waals surface area contributed by atoms with E-state index in [1.807, 2.05) is 0 Å². The first-order valence-corrected chi connectivity index (χ1v) is 11.6. The molecule has 0 amide bonds. The first kappa shape index (κ1) is 22.6. The van der Waals surface area contributed by atoms with Crippen molar-refractivity contribution in [2.45, 2.75) is 65.2 Å². The molecule has 1 aliphatic heterocycles. The smallest absolute Gasteiger partial charge is 0.303 e. The second-order valence-corrected chi connectivity index (χ2v) is 9.33. The normalized spacial score (nSPS) is 22.7. The van der Waals surface area contributed by atoms with Gasteiger partial charge in [-0.3, -0.25) is 9.28 Å². The summed E-state index contributed by atoms with van der Waals surface area (Å²) in [6, 6.07) is 8.81. The lowest BCUT2D eigenvalue weighted by Crippen LogP contribution is -2.45. The Bertz CT molecular complexity index is 826. The Morgan fingerprint density at radius 1 is 1.23 bits per heavy atom. The van der Waals surface area contributed by atoms with Crippen LogP contribution in [-0.4, -0.2) is 42.7 Å². The van der Waals surface area contributed by atoms with Crippen LogP contribution in [0.15, 0.2) is 41.7 Å². The molecular formula is C26H39N2O2+. The van der Waals surface area contributed by atoms with Crippen molar-refractivity contribution in [2.75, 3.05) is 32.1 Å². The van der Waals surface area contributed by atoms with Gasteiger partial charge in [0.25, 0.3) is 0 Å². The van der Waals surface area contributed by atoms with Crippen molar-refractivity contribution >= 4 is 17.2 Å². The van der Waals surface area contributed by atoms with Crippen LogP contribution in [-0.2, 0) is 4.79 Å². The molecule has 0 bridgehead atoms. The van der Waals surface area contributed by atoms with Crippen molar-refractivity contribution in [2.24, 2.45) is 5.92 Å². The molecule has 1 aromatic carbocycles. The van der Waals surface area contributed by atoms with Crippen molar-refractivity contribution in [1.29, 1.82) is 0 Å². The number of carbonyl (C=O) groups is 1. The van der Waals surface area contributed by atoms with Gasteiger partial charge in [-0.2, -0.15) is 0 Å². The number of carboxylic acids is 1. The number of benzene rings is 1. The summed E-state index contributed by atoms with van der Waals surface area (Å²) in [6.07, 6.45) is 10.4. The molecule has 0 aromatic heterocycles. The van der Waals surface area contributed by atoms with Crippen LogP contribution in [0, 0.1) is 5.92 Å². The minimum atomic E-state index is -0.683. The zero-order valence-electron chi connectivity index (χ0n) is 19.3. The van der Waals surface area contributed by atoms with Gasteiger partial charge >= 0.3 is 5.97 Å². The molecule has 2 aliphatic rings. The van der Waals surface area contributed by atoms with Crippen LogP contribution in [0.2, 0.25) is 0 Å². The fraction of sp³-hybridized carbons (Fsp3) is 0.577. The summed E-state index contributed by atoms with van der Waals surface area (Å²) in [4.78, 5) is 13.2. The fourth-order valence-electron chi connectivity index (χ4n) is 5.35. The van der Waals surface area contributed by atoms with E-state index in [1.54, 1.807) is 5.70 Å². The molecule has 0 saturated carbocycles. The summed E-state index contributed by atoms with van der Waals surface area (Å²) in [7, 11) is 4.58. The Morgan fingerprint density at radius 2 is 2.00 bits per heavy atom. The number of fused-ring (bicyclic) bond motifs is 1. The van der Waals surface area contributed by atoms with E-state index in [1.165, 1.54) is 41.8 Å². The van der Waals surface area contributed by atoms with E-state index in [2.05, 4.69) is 63.2 Å². The highest BCUT2D eigenvalue weighted by atomic mass is 16.4. The number of quaternary nitrogens is 1. The molecule has 164 valence electrons. The molecule has 1 aromatic rings. The average Bonchev–Trinajstić information content (AvgIpc) is 2.73. The molecule has 1 N–H and O–H groups in total. The largest absolute Gasteiger partial charge is 0.481 e. The molecule has 2 atom stereocenters. The third-order valence-corrected chi connectivity index (χ3v) is 7.28. The molecule has 4 nitrogen and oxygen atoms in total. The highest BCUT2D eigenvalue weighted by Gasteiger charge is 2.37. The maximum atomic E-state index is 10.9. The Balaban J connectivity index is 1.95. The van der Waals surface area contributed by atoms with Crippen LogP contribution in [0.1, 0.15) is 70.8 Å². The molecule has 30 heavy (non-hydrogen) atoms. The molecule has 0 saturated heterocycles. The van der Waals surface area contributed by atoms with E-state index in [4.69, 9.17) is 5.11 Å². The second-order valence-electron chi connectivity index (χ2n) is 9.33. The number of allylic oxidation sites excluding steroid dienone is 3. The van der Waals surface area contributed by atoms with Gasteiger partial charge in [-0.15, -0.1) is 0 Å². The van der Waals surface area contributed by atoms with Crippen molar-refractivity contribution in [3.8, 4) is 0 Å². The highest BCUT2D eigenvalue weighted by molar-refractivity contribution is 5.80. The summed E-state index contributed by atoms with van der Waals surface area (Å²) < 4.78 is 0.890. The van der Waals surface area contributed by atoms with Crippen LogP contribution in [0.5, 0.6) is 0 Å². The van der Waals surface area contributed by atoms with Crippen LogP contribution in [0.3, 0.4) is 0 Å². The number of aliphatic carboxylic acids is 1. The summed E-state index contributed by atoms with van der Waals surface area (Å²) in [5, 5.41) is 8.96. The molecule has 1 aliphatic carbocycles. The van der Waals surface area contributed by atoms with Gasteiger partial charge in [0.05, 0.1) is 13.6 Å². The molecule has 4 heteroatoms. The second kappa shape index (κ2) is 9.82. The van der Waals surface area contributed by atoms with Gasteiger partial charge in [-0.25, -0.2) is 0 Å². The summed E-state index contributed by atoms with van der Waals surface area (Å²) in [5.74, 6) is -0.0862. The predicted molar refractivity (Wildman–Crippen MR) is 125 cm³/mol. The minimum absolute atomic E-state index is 0.280. The van der Waals surface area contributed by atoms with Crippen molar-refractivity contribution < 1.29 is 14.4 Å². The Labute approximate surface area is 182 Å². The van der Waals surface area contributed by atoms with Crippen molar-refractivity contribution in [3.63, 3.8) is 0 Å². The quantitative estimate of drug-likeness (QED) is 0.418. The van der Waals surface area contributed by atoms with E-state index >= 15 is 0 Å². The summed E-state index contributed by atoms with van der Waals surface area (Å²) >= 11 is 0. The first-order valence-electron chi connectivity index (χ1n) is 11.6. The number of carboxylic acid groups (broad SMARTS) is 1. The Kier molecular flexibility index (Phi) is 7.41. The maximum absolute atomic E-state index is 10.9. The minimum Gasteiger partial charge on any atom is -0.481 e. The van der Waals surface area contributed by atoms with Gasteiger partial charge in [-0.05, 0) is 57.1 Å². The van der Waals surface area contributed by atoms with E-state index in [-0.39, 0.29) is 6.42 Å². The Hall–Kier alpha value is -2.07. The van der Waals surface area contributed by atoms with E-state index in [0.717, 1.165) is 43.3 Å². The first-order chi connectivity index (χ1) is 14.3. The molecular weight excluding hydrogens is 372 g/mol. The SMILES string of the molecule is C/C(=C1\CCN(C)c2ccccc21)[N+](C)(CCCCCC(=O)O)C1=CCCCC1C. The molecule has 3 rings (SSSR count). The van der Waals surface area contributed by atoms with E-state index < -0.39 is 5.97 Å². The summed E-state index contributed by atoms with van der Waals surface area (Å²) in [5.41, 5.74) is 7.23. The lowest BCUT2D eigenvalue weighted by Gasteiger charge is -2.42. The van der Waals surface area contributed by atoms with Crippen molar-refractivity contribution in [1.82, 2.24) is 0 Å². The van der Waals surface area contributed by atoms with E-state index in [0.29, 0.717) is 5.92 Å². The monoisotopic (exact) mass is 411 g/mol. The fourth-order valence-corrected chi connectivity index (χ4v) is 5.35. The highest BCUT2D eigenvalue weighted by Crippen LogP contribution is 2.42. The molecule has 0 spiro atoms.